The van der Waals surface area contributed by atoms with Crippen LogP contribution in [0.5, 0.6) is 5.75 Å². The molecule has 0 saturated heterocycles. The van der Waals surface area contributed by atoms with Gasteiger partial charge >= 0.3 is 18.0 Å². The monoisotopic (exact) mass is 528 g/mol. The van der Waals surface area contributed by atoms with E-state index in [1.54, 1.807) is 67.5 Å². The largest absolute Gasteiger partial charge is 0.497 e. The predicted molar refractivity (Wildman–Crippen MR) is 150 cm³/mol. The highest BCUT2D eigenvalue weighted by Gasteiger charge is 2.38. The van der Waals surface area contributed by atoms with Crippen molar-refractivity contribution >= 4 is 35.1 Å². The number of nitrogens with zero attached hydrogens (tertiary/aromatic N) is 1. The Morgan fingerprint density at radius 1 is 0.897 bits per heavy atom. The number of hydrogen-bond acceptors (Lipinski definition) is 5. The van der Waals surface area contributed by atoms with E-state index in [0.717, 1.165) is 5.56 Å². The number of carbonyl (C=O) groups is 3. The van der Waals surface area contributed by atoms with Crippen molar-refractivity contribution in [3.05, 3.63) is 95.6 Å². The van der Waals surface area contributed by atoms with Crippen LogP contribution in [0.4, 0.5) is 21.0 Å². The second kappa shape index (κ2) is 12.6. The number of ether oxygens (including phenoxy) is 2. The third kappa shape index (κ3) is 6.38. The van der Waals surface area contributed by atoms with Gasteiger partial charge in [-0.05, 0) is 60.9 Å². The van der Waals surface area contributed by atoms with Crippen molar-refractivity contribution in [1.29, 1.82) is 0 Å². The summed E-state index contributed by atoms with van der Waals surface area (Å²) in [5.74, 6) is 0.194. The van der Waals surface area contributed by atoms with E-state index in [9.17, 15) is 14.4 Å². The smallest absolute Gasteiger partial charge is 0.338 e. The molecule has 0 aliphatic carbocycles. The summed E-state index contributed by atoms with van der Waals surface area (Å²) in [6.45, 7) is 4.36. The molecule has 4 amide bonds. The van der Waals surface area contributed by atoms with Gasteiger partial charge in [0, 0.05) is 17.9 Å². The fraction of sp³-hybridized carbons (Fsp3) is 0.233. The summed E-state index contributed by atoms with van der Waals surface area (Å²) in [4.78, 5) is 40.7. The van der Waals surface area contributed by atoms with Crippen molar-refractivity contribution in [2.45, 2.75) is 26.3 Å². The lowest BCUT2D eigenvalue weighted by atomic mass is 9.91. The molecule has 1 aliphatic heterocycles. The molecule has 1 atom stereocenters. The minimum Gasteiger partial charge on any atom is -0.497 e. The van der Waals surface area contributed by atoms with Gasteiger partial charge in [0.1, 0.15) is 5.75 Å². The number of amides is 4. The molecular formula is C30H32N4O5. The molecule has 3 aromatic carbocycles. The molecule has 0 fully saturated rings. The third-order valence-corrected chi connectivity index (χ3v) is 6.17. The number of esters is 1. The Morgan fingerprint density at radius 3 is 2.08 bits per heavy atom. The molecule has 0 aromatic heterocycles. The summed E-state index contributed by atoms with van der Waals surface area (Å²) in [6, 6.07) is 21.9. The van der Waals surface area contributed by atoms with E-state index < -0.39 is 18.0 Å². The molecule has 9 nitrogen and oxygen atoms in total. The lowest BCUT2D eigenvalue weighted by Gasteiger charge is -2.36. The van der Waals surface area contributed by atoms with Gasteiger partial charge in [0.25, 0.3) is 0 Å². The van der Waals surface area contributed by atoms with Crippen molar-refractivity contribution in [3.8, 4) is 5.75 Å². The number of anilines is 2. The SMILES string of the molecule is CCCN1C(=O)NC(c2ccc(NC(=O)Nc3ccc(OC)cc3)cc2)C(C(=O)OCC)=C1c1ccccc1. The topological polar surface area (TPSA) is 109 Å². The van der Waals surface area contributed by atoms with Crippen LogP contribution in [0.3, 0.4) is 0 Å². The van der Waals surface area contributed by atoms with E-state index in [1.165, 1.54) is 0 Å². The van der Waals surface area contributed by atoms with Gasteiger partial charge in [-0.3, -0.25) is 4.90 Å². The van der Waals surface area contributed by atoms with E-state index in [-0.39, 0.29) is 12.6 Å². The molecule has 0 saturated carbocycles. The fourth-order valence-electron chi connectivity index (χ4n) is 4.40. The van der Waals surface area contributed by atoms with Crippen molar-refractivity contribution in [1.82, 2.24) is 10.2 Å². The molecule has 0 radical (unpaired) electrons. The van der Waals surface area contributed by atoms with E-state index in [4.69, 9.17) is 9.47 Å². The number of carbonyl (C=O) groups excluding carboxylic acids is 3. The first-order valence-corrected chi connectivity index (χ1v) is 12.8. The van der Waals surface area contributed by atoms with Crippen molar-refractivity contribution in [3.63, 3.8) is 0 Å². The van der Waals surface area contributed by atoms with E-state index in [2.05, 4.69) is 16.0 Å². The first-order valence-electron chi connectivity index (χ1n) is 12.8. The van der Waals surface area contributed by atoms with Crippen LogP contribution >= 0.6 is 0 Å². The molecule has 9 heteroatoms. The Bertz CT molecular complexity index is 1340. The van der Waals surface area contributed by atoms with Gasteiger partial charge in [-0.15, -0.1) is 0 Å². The molecule has 4 rings (SSSR count). The Labute approximate surface area is 227 Å². The Balaban J connectivity index is 1.63. The lowest BCUT2D eigenvalue weighted by molar-refractivity contribution is -0.138. The summed E-state index contributed by atoms with van der Waals surface area (Å²) in [5.41, 5.74) is 3.48. The van der Waals surface area contributed by atoms with Gasteiger partial charge in [-0.25, -0.2) is 14.4 Å². The second-order valence-electron chi connectivity index (χ2n) is 8.81. The van der Waals surface area contributed by atoms with Crippen LogP contribution in [0.2, 0.25) is 0 Å². The Kier molecular flexibility index (Phi) is 8.83. The molecule has 1 unspecified atom stereocenters. The minimum atomic E-state index is -0.734. The molecule has 1 heterocycles. The van der Waals surface area contributed by atoms with E-state index >= 15 is 0 Å². The predicted octanol–water partition coefficient (Wildman–Crippen LogP) is 5.79. The average molecular weight is 529 g/mol. The molecule has 0 bridgehead atoms. The first-order chi connectivity index (χ1) is 18.9. The molecule has 3 aromatic rings. The van der Waals surface area contributed by atoms with Gasteiger partial charge < -0.3 is 25.4 Å². The van der Waals surface area contributed by atoms with Crippen LogP contribution in [0.15, 0.2) is 84.4 Å². The van der Waals surface area contributed by atoms with Crippen LogP contribution in [-0.4, -0.2) is 43.2 Å². The number of hydrogen-bond donors (Lipinski definition) is 3. The first kappa shape index (κ1) is 27.3. The zero-order valence-corrected chi connectivity index (χ0v) is 22.2. The van der Waals surface area contributed by atoms with Gasteiger partial charge in [-0.2, -0.15) is 0 Å². The summed E-state index contributed by atoms with van der Waals surface area (Å²) in [6.07, 6.45) is 0.712. The highest BCUT2D eigenvalue weighted by Crippen LogP contribution is 2.37. The van der Waals surface area contributed by atoms with Crippen molar-refractivity contribution < 1.29 is 23.9 Å². The van der Waals surface area contributed by atoms with Crippen LogP contribution in [0, 0.1) is 0 Å². The molecule has 39 heavy (non-hydrogen) atoms. The van der Waals surface area contributed by atoms with E-state index in [0.29, 0.717) is 46.9 Å². The molecule has 0 spiro atoms. The highest BCUT2D eigenvalue weighted by atomic mass is 16.5. The van der Waals surface area contributed by atoms with Crippen LogP contribution in [0.1, 0.15) is 37.4 Å². The average Bonchev–Trinajstić information content (AvgIpc) is 2.95. The van der Waals surface area contributed by atoms with Crippen molar-refractivity contribution in [2.24, 2.45) is 0 Å². The number of benzene rings is 3. The summed E-state index contributed by atoms with van der Waals surface area (Å²) >= 11 is 0. The lowest BCUT2D eigenvalue weighted by Crippen LogP contribution is -2.48. The highest BCUT2D eigenvalue weighted by molar-refractivity contribution is 6.05. The molecular weight excluding hydrogens is 496 g/mol. The standard InChI is InChI=1S/C30H32N4O5/c1-4-19-34-27(21-9-7-6-8-10-21)25(28(35)39-5-2)26(33-30(34)37)20-11-13-22(14-12-20)31-29(36)32-23-15-17-24(38-3)18-16-23/h6-18,26H,4-5,19H2,1-3H3,(H,33,37)(H2,31,32,36). The van der Waals surface area contributed by atoms with Crippen LogP contribution < -0.4 is 20.7 Å². The van der Waals surface area contributed by atoms with Gasteiger partial charge in [0.2, 0.25) is 0 Å². The molecule has 202 valence electrons. The molecule has 3 N–H and O–H groups in total. The van der Waals surface area contributed by atoms with E-state index in [1.807, 2.05) is 37.3 Å². The normalized spacial score (nSPS) is 14.9. The zero-order chi connectivity index (χ0) is 27.8. The quantitative estimate of drug-likeness (QED) is 0.305. The van der Waals surface area contributed by atoms with Gasteiger partial charge in [-0.1, -0.05) is 49.4 Å². The zero-order valence-electron chi connectivity index (χ0n) is 22.2. The Morgan fingerprint density at radius 2 is 1.51 bits per heavy atom. The number of methoxy groups -OCH3 is 1. The Hall–Kier alpha value is -4.79. The van der Waals surface area contributed by atoms with Crippen LogP contribution in [0.25, 0.3) is 5.70 Å². The van der Waals surface area contributed by atoms with Crippen LogP contribution in [-0.2, 0) is 9.53 Å². The maximum Gasteiger partial charge on any atom is 0.338 e. The third-order valence-electron chi connectivity index (χ3n) is 6.17. The summed E-state index contributed by atoms with van der Waals surface area (Å²) in [7, 11) is 1.58. The van der Waals surface area contributed by atoms with Gasteiger partial charge in [0.05, 0.1) is 31.0 Å². The number of nitrogens with one attached hydrogen (secondary N) is 3. The maximum atomic E-state index is 13.3. The summed E-state index contributed by atoms with van der Waals surface area (Å²) < 4.78 is 10.6. The maximum absolute atomic E-state index is 13.3. The van der Waals surface area contributed by atoms with Gasteiger partial charge in [0.15, 0.2) is 0 Å². The minimum absolute atomic E-state index is 0.199. The number of urea groups is 2. The molecule has 1 aliphatic rings. The fourth-order valence-corrected chi connectivity index (χ4v) is 4.40. The van der Waals surface area contributed by atoms with Crippen molar-refractivity contribution in [2.75, 3.05) is 30.9 Å². The second-order valence-corrected chi connectivity index (χ2v) is 8.81. The summed E-state index contributed by atoms with van der Waals surface area (Å²) in [5, 5.41) is 8.53. The number of rotatable bonds is 9.